The molecule has 7 nitrogen and oxygen atoms in total. The quantitative estimate of drug-likeness (QED) is 0.227. The normalized spacial score (nSPS) is 11.6. The van der Waals surface area contributed by atoms with E-state index in [2.05, 4.69) is 50.0 Å². The average Bonchev–Trinajstić information content (AvgIpc) is 2.97. The first-order valence-corrected chi connectivity index (χ1v) is 11.8. The third-order valence-corrected chi connectivity index (χ3v) is 5.74. The summed E-state index contributed by atoms with van der Waals surface area (Å²) in [6, 6.07) is 24.2. The van der Waals surface area contributed by atoms with Crippen LogP contribution in [0.5, 0.6) is 0 Å². The molecule has 0 fully saturated rings. The van der Waals surface area contributed by atoms with Crippen LogP contribution >= 0.6 is 0 Å². The van der Waals surface area contributed by atoms with Crippen LogP contribution in [-0.2, 0) is 6.54 Å². The van der Waals surface area contributed by atoms with Crippen molar-refractivity contribution in [2.24, 2.45) is 9.98 Å². The Balaban J connectivity index is 1.65. The molecule has 0 spiro atoms. The van der Waals surface area contributed by atoms with Crippen LogP contribution in [0.15, 0.2) is 114 Å². The van der Waals surface area contributed by atoms with E-state index < -0.39 is 0 Å². The summed E-state index contributed by atoms with van der Waals surface area (Å²) in [5.74, 6) is 1.83. The van der Waals surface area contributed by atoms with Gasteiger partial charge in [0.05, 0.1) is 23.1 Å². The number of benzene rings is 2. The number of aliphatic imine (C=N–C) groups is 2. The van der Waals surface area contributed by atoms with E-state index in [-0.39, 0.29) is 0 Å². The second kappa shape index (κ2) is 11.1. The largest absolute Gasteiger partial charge is 0.364 e. The lowest BCUT2D eigenvalue weighted by Crippen LogP contribution is -2.06. The first kappa shape index (κ1) is 23.7. The second-order valence-corrected chi connectivity index (χ2v) is 8.16. The fourth-order valence-electron chi connectivity index (χ4n) is 4.04. The summed E-state index contributed by atoms with van der Waals surface area (Å²) in [6.45, 7) is 4.21. The topological polar surface area (TPSA) is 88.3 Å². The van der Waals surface area contributed by atoms with Gasteiger partial charge in [0.15, 0.2) is 11.7 Å². The number of fused-ring (bicyclic) bond motifs is 1. The standard InChI is InChI=1S/C30H25N7/c1-3-15-34-28(31-2)22-17-23(19-32-18-22)29-36-26-14-9-13-25(21-10-5-4-6-11-21)27(26)30(37-29)35-20-24-12-7-8-16-33-24/h3-19H,1,20H2,2H3,(H,35,36,37). The van der Waals surface area contributed by atoms with Crippen molar-refractivity contribution in [3.8, 4) is 22.5 Å². The molecule has 7 heteroatoms. The number of allylic oxidation sites excluding steroid dienone is 1. The van der Waals surface area contributed by atoms with E-state index in [1.54, 1.807) is 37.9 Å². The Morgan fingerprint density at radius 3 is 2.59 bits per heavy atom. The third kappa shape index (κ3) is 5.31. The molecule has 0 saturated carbocycles. The van der Waals surface area contributed by atoms with Crippen molar-refractivity contribution in [2.45, 2.75) is 6.54 Å². The summed E-state index contributed by atoms with van der Waals surface area (Å²) < 4.78 is 0. The lowest BCUT2D eigenvalue weighted by atomic mass is 10.0. The summed E-state index contributed by atoms with van der Waals surface area (Å²) >= 11 is 0. The molecular weight excluding hydrogens is 458 g/mol. The molecule has 180 valence electrons. The Morgan fingerprint density at radius 1 is 0.946 bits per heavy atom. The molecule has 2 aromatic carbocycles. The summed E-state index contributed by atoms with van der Waals surface area (Å²) in [7, 11) is 1.69. The Morgan fingerprint density at radius 2 is 1.81 bits per heavy atom. The molecule has 0 aliphatic rings. The van der Waals surface area contributed by atoms with E-state index in [1.807, 2.05) is 54.6 Å². The monoisotopic (exact) mass is 483 g/mol. The molecule has 37 heavy (non-hydrogen) atoms. The first-order valence-electron chi connectivity index (χ1n) is 11.8. The van der Waals surface area contributed by atoms with Gasteiger partial charge in [-0.2, -0.15) is 0 Å². The van der Waals surface area contributed by atoms with Crippen LogP contribution < -0.4 is 5.32 Å². The molecule has 3 aromatic heterocycles. The van der Waals surface area contributed by atoms with E-state index in [1.165, 1.54) is 0 Å². The molecule has 3 heterocycles. The Labute approximate surface area is 215 Å². The first-order chi connectivity index (χ1) is 18.3. The maximum Gasteiger partial charge on any atom is 0.163 e. The molecule has 0 amide bonds. The van der Waals surface area contributed by atoms with E-state index in [0.29, 0.717) is 18.2 Å². The number of anilines is 1. The molecule has 0 aliphatic carbocycles. The van der Waals surface area contributed by atoms with Crippen molar-refractivity contribution in [2.75, 3.05) is 12.4 Å². The maximum atomic E-state index is 4.98. The third-order valence-electron chi connectivity index (χ3n) is 5.74. The zero-order valence-electron chi connectivity index (χ0n) is 20.4. The van der Waals surface area contributed by atoms with Gasteiger partial charge in [-0.15, -0.1) is 0 Å². The average molecular weight is 484 g/mol. The van der Waals surface area contributed by atoms with Gasteiger partial charge in [-0.05, 0) is 35.4 Å². The number of aromatic nitrogens is 4. The van der Waals surface area contributed by atoms with Crippen molar-refractivity contribution in [3.63, 3.8) is 0 Å². The van der Waals surface area contributed by atoms with Crippen molar-refractivity contribution in [3.05, 3.63) is 115 Å². The fourth-order valence-corrected chi connectivity index (χ4v) is 4.04. The minimum Gasteiger partial charge on any atom is -0.364 e. The zero-order valence-corrected chi connectivity index (χ0v) is 20.4. The van der Waals surface area contributed by atoms with Crippen molar-refractivity contribution in [1.82, 2.24) is 19.9 Å². The molecule has 0 bridgehead atoms. The summed E-state index contributed by atoms with van der Waals surface area (Å²) in [6.07, 6.45) is 8.47. The SMILES string of the molecule is C=CC=NC(=NC)c1cncc(-c2nc(NCc3ccccn3)c3c(-c4ccccc4)cccc3n2)c1. The zero-order chi connectivity index (χ0) is 25.5. The van der Waals surface area contributed by atoms with Gasteiger partial charge in [-0.3, -0.25) is 15.0 Å². The van der Waals surface area contributed by atoms with Gasteiger partial charge in [0.25, 0.3) is 0 Å². The molecule has 5 aromatic rings. The van der Waals surface area contributed by atoms with Crippen molar-refractivity contribution >= 4 is 28.8 Å². The summed E-state index contributed by atoms with van der Waals surface area (Å²) in [5.41, 5.74) is 5.43. The predicted octanol–water partition coefficient (Wildman–Crippen LogP) is 6.00. The lowest BCUT2D eigenvalue weighted by Gasteiger charge is -2.14. The molecule has 0 atom stereocenters. The molecule has 5 rings (SSSR count). The number of pyridine rings is 2. The maximum absolute atomic E-state index is 4.98. The summed E-state index contributed by atoms with van der Waals surface area (Å²) in [5, 5.41) is 4.46. The van der Waals surface area contributed by atoms with Gasteiger partial charge in [0.2, 0.25) is 0 Å². The van der Waals surface area contributed by atoms with Gasteiger partial charge >= 0.3 is 0 Å². The van der Waals surface area contributed by atoms with Gasteiger partial charge < -0.3 is 5.32 Å². The number of hydrogen-bond acceptors (Lipinski definition) is 6. The second-order valence-electron chi connectivity index (χ2n) is 8.16. The highest BCUT2D eigenvalue weighted by atomic mass is 15.0. The smallest absolute Gasteiger partial charge is 0.163 e. The van der Waals surface area contributed by atoms with Crippen molar-refractivity contribution < 1.29 is 0 Å². The van der Waals surface area contributed by atoms with Gasteiger partial charge in [-0.25, -0.2) is 15.0 Å². The van der Waals surface area contributed by atoms with Crippen LogP contribution in [0.25, 0.3) is 33.4 Å². The minimum absolute atomic E-state index is 0.525. The minimum atomic E-state index is 0.525. The van der Waals surface area contributed by atoms with Crippen LogP contribution in [0.2, 0.25) is 0 Å². The number of nitrogens with one attached hydrogen (secondary N) is 1. The fraction of sp³-hybridized carbons (Fsp3) is 0.0667. The highest BCUT2D eigenvalue weighted by Crippen LogP contribution is 2.34. The summed E-state index contributed by atoms with van der Waals surface area (Å²) in [4.78, 5) is 27.4. The lowest BCUT2D eigenvalue weighted by molar-refractivity contribution is 1.03. The molecule has 0 unspecified atom stereocenters. The van der Waals surface area contributed by atoms with Gasteiger partial charge in [0, 0.05) is 43.0 Å². The molecule has 0 aliphatic heterocycles. The van der Waals surface area contributed by atoms with E-state index in [4.69, 9.17) is 9.97 Å². The van der Waals surface area contributed by atoms with E-state index in [9.17, 15) is 0 Å². The molecule has 0 saturated heterocycles. The van der Waals surface area contributed by atoms with Gasteiger partial charge in [0.1, 0.15) is 5.82 Å². The number of hydrogen-bond donors (Lipinski definition) is 1. The Bertz CT molecular complexity index is 1590. The van der Waals surface area contributed by atoms with Gasteiger partial charge in [-0.1, -0.05) is 61.2 Å². The van der Waals surface area contributed by atoms with Crippen LogP contribution in [0, 0.1) is 0 Å². The molecule has 1 N–H and O–H groups in total. The van der Waals surface area contributed by atoms with Crippen LogP contribution in [0.3, 0.4) is 0 Å². The van der Waals surface area contributed by atoms with E-state index >= 15 is 0 Å². The van der Waals surface area contributed by atoms with Crippen molar-refractivity contribution in [1.29, 1.82) is 0 Å². The highest BCUT2D eigenvalue weighted by Gasteiger charge is 2.15. The van der Waals surface area contributed by atoms with Crippen LogP contribution in [-0.4, -0.2) is 39.0 Å². The van der Waals surface area contributed by atoms with E-state index in [0.717, 1.165) is 44.7 Å². The Kier molecular flexibility index (Phi) is 7.13. The van der Waals surface area contributed by atoms with Crippen LogP contribution in [0.1, 0.15) is 11.3 Å². The highest BCUT2D eigenvalue weighted by molar-refractivity contribution is 6.05. The number of nitrogens with zero attached hydrogens (tertiary/aromatic N) is 6. The Hall–Kier alpha value is -5.04. The molecule has 0 radical (unpaired) electrons. The number of rotatable bonds is 7. The predicted molar refractivity (Wildman–Crippen MR) is 151 cm³/mol. The number of amidine groups is 1. The molecular formula is C30H25N7. The van der Waals surface area contributed by atoms with Crippen LogP contribution in [0.4, 0.5) is 5.82 Å².